The molecule has 6 heteroatoms. The Morgan fingerprint density at radius 2 is 1.80 bits per heavy atom. The van der Waals surface area contributed by atoms with Gasteiger partial charge in [0.05, 0.1) is 50.6 Å². The van der Waals surface area contributed by atoms with Gasteiger partial charge in [-0.2, -0.15) is 0 Å². The maximum Gasteiger partial charge on any atom is 0.121 e. The van der Waals surface area contributed by atoms with Crippen molar-refractivity contribution in [1.29, 1.82) is 0 Å². The summed E-state index contributed by atoms with van der Waals surface area (Å²) in [5, 5.41) is 3.60. The summed E-state index contributed by atoms with van der Waals surface area (Å²) in [6.07, 6.45) is 0. The number of aromatic amines is 1. The van der Waals surface area contributed by atoms with Crippen LogP contribution >= 0.6 is 0 Å². The molecule has 0 unspecified atom stereocenters. The van der Waals surface area contributed by atoms with Gasteiger partial charge in [0.15, 0.2) is 0 Å². The minimum atomic E-state index is -0.178. The topological polar surface area (TPSA) is 68.4 Å². The molecule has 3 aromatic rings. The highest BCUT2D eigenvalue weighted by molar-refractivity contribution is 5.76. The molecule has 1 aliphatic heterocycles. The number of nitrogens with one attached hydrogen (secondary N) is 2. The quantitative estimate of drug-likeness (QED) is 0.722. The van der Waals surface area contributed by atoms with Crippen LogP contribution in [0.4, 0.5) is 0 Å². The molecule has 2 N–H and O–H groups in total. The molecule has 0 aliphatic carbocycles. The van der Waals surface area contributed by atoms with E-state index in [2.05, 4.69) is 27.4 Å². The van der Waals surface area contributed by atoms with Crippen LogP contribution in [0.15, 0.2) is 42.5 Å². The second-order valence-corrected chi connectivity index (χ2v) is 6.22. The van der Waals surface area contributed by atoms with Crippen LogP contribution in [0.5, 0.6) is 11.5 Å². The molecule has 0 radical (unpaired) electrons. The zero-order valence-electron chi connectivity index (χ0n) is 14.3. The van der Waals surface area contributed by atoms with Gasteiger partial charge < -0.3 is 19.2 Å². The third-order valence-electron chi connectivity index (χ3n) is 4.67. The van der Waals surface area contributed by atoms with Crippen LogP contribution in [-0.4, -0.2) is 37.4 Å². The van der Waals surface area contributed by atoms with Crippen molar-refractivity contribution in [2.45, 2.75) is 12.1 Å². The number of methoxy groups -OCH3 is 2. The Bertz CT molecular complexity index is 869. The van der Waals surface area contributed by atoms with Crippen LogP contribution in [0.2, 0.25) is 0 Å². The molecule has 1 fully saturated rings. The van der Waals surface area contributed by atoms with E-state index in [1.807, 2.05) is 30.3 Å². The maximum absolute atomic E-state index is 5.49. The van der Waals surface area contributed by atoms with Crippen molar-refractivity contribution in [2.24, 2.45) is 0 Å². The highest BCUT2D eigenvalue weighted by Gasteiger charge is 2.40. The Hall–Kier alpha value is -2.57. The Morgan fingerprint density at radius 1 is 1.08 bits per heavy atom. The molecule has 2 aromatic carbocycles. The van der Waals surface area contributed by atoms with E-state index in [-0.39, 0.29) is 5.54 Å². The van der Waals surface area contributed by atoms with Gasteiger partial charge in [-0.25, -0.2) is 4.98 Å². The summed E-state index contributed by atoms with van der Waals surface area (Å²) in [5.41, 5.74) is 2.92. The number of hydrogen-bond acceptors (Lipinski definition) is 5. The number of nitrogens with zero attached hydrogens (tertiary/aromatic N) is 1. The number of benzene rings is 2. The number of H-pyrrole nitrogens is 1. The average molecular weight is 339 g/mol. The van der Waals surface area contributed by atoms with Gasteiger partial charge in [0.25, 0.3) is 0 Å². The molecule has 1 saturated heterocycles. The first-order chi connectivity index (χ1) is 12.2. The Balaban J connectivity index is 1.52. The largest absolute Gasteiger partial charge is 0.497 e. The Morgan fingerprint density at radius 3 is 2.44 bits per heavy atom. The van der Waals surface area contributed by atoms with Gasteiger partial charge in [-0.05, 0) is 29.8 Å². The normalized spacial score (nSPS) is 15.8. The van der Waals surface area contributed by atoms with E-state index < -0.39 is 0 Å². The number of imidazole rings is 1. The Labute approximate surface area is 146 Å². The lowest BCUT2D eigenvalue weighted by molar-refractivity contribution is -0.0798. The molecular weight excluding hydrogens is 318 g/mol. The van der Waals surface area contributed by atoms with Crippen LogP contribution in [0.1, 0.15) is 11.4 Å². The third kappa shape index (κ3) is 2.94. The van der Waals surface area contributed by atoms with Gasteiger partial charge in [-0.15, -0.1) is 0 Å². The van der Waals surface area contributed by atoms with Crippen molar-refractivity contribution >= 4 is 11.0 Å². The first-order valence-corrected chi connectivity index (χ1v) is 8.22. The second kappa shape index (κ2) is 6.38. The van der Waals surface area contributed by atoms with Crippen molar-refractivity contribution < 1.29 is 14.2 Å². The average Bonchev–Trinajstić information content (AvgIpc) is 3.03. The predicted molar refractivity (Wildman–Crippen MR) is 95.0 cm³/mol. The summed E-state index contributed by atoms with van der Waals surface area (Å²) in [6.45, 7) is 1.92. The van der Waals surface area contributed by atoms with Crippen LogP contribution in [0, 0.1) is 0 Å². The van der Waals surface area contributed by atoms with Crippen molar-refractivity contribution in [2.75, 3.05) is 27.4 Å². The monoisotopic (exact) mass is 339 g/mol. The summed E-state index contributed by atoms with van der Waals surface area (Å²) < 4.78 is 16.0. The number of fused-ring (bicyclic) bond motifs is 1. The van der Waals surface area contributed by atoms with Gasteiger partial charge >= 0.3 is 0 Å². The molecule has 130 valence electrons. The van der Waals surface area contributed by atoms with Crippen molar-refractivity contribution in [3.05, 3.63) is 53.9 Å². The smallest absolute Gasteiger partial charge is 0.121 e. The molecule has 6 nitrogen and oxygen atoms in total. The van der Waals surface area contributed by atoms with Gasteiger partial charge in [-0.3, -0.25) is 5.32 Å². The SMILES string of the molecule is COc1ccc(C2(NCc3nc4ccc(OC)cc4[nH]3)COC2)cc1. The van der Waals surface area contributed by atoms with E-state index in [0.717, 1.165) is 28.4 Å². The van der Waals surface area contributed by atoms with Crippen LogP contribution in [0.25, 0.3) is 11.0 Å². The summed E-state index contributed by atoms with van der Waals surface area (Å²) in [7, 11) is 3.33. The summed E-state index contributed by atoms with van der Waals surface area (Å²) in [6, 6.07) is 13.9. The Kier molecular flexibility index (Phi) is 4.07. The molecule has 2 heterocycles. The fourth-order valence-corrected chi connectivity index (χ4v) is 3.09. The van der Waals surface area contributed by atoms with E-state index in [1.54, 1.807) is 14.2 Å². The first-order valence-electron chi connectivity index (χ1n) is 8.22. The van der Waals surface area contributed by atoms with Gasteiger partial charge in [0, 0.05) is 6.07 Å². The van der Waals surface area contributed by atoms with Gasteiger partial charge in [0.2, 0.25) is 0 Å². The van der Waals surface area contributed by atoms with E-state index in [0.29, 0.717) is 19.8 Å². The molecule has 0 saturated carbocycles. The van der Waals surface area contributed by atoms with E-state index >= 15 is 0 Å². The van der Waals surface area contributed by atoms with Crippen molar-refractivity contribution in [3.8, 4) is 11.5 Å². The fourth-order valence-electron chi connectivity index (χ4n) is 3.09. The first kappa shape index (κ1) is 15.9. The number of ether oxygens (including phenoxy) is 3. The van der Waals surface area contributed by atoms with Crippen molar-refractivity contribution in [1.82, 2.24) is 15.3 Å². The molecule has 0 amide bonds. The second-order valence-electron chi connectivity index (χ2n) is 6.22. The number of aromatic nitrogens is 2. The molecule has 0 spiro atoms. The molecule has 0 atom stereocenters. The van der Waals surface area contributed by atoms with Gasteiger partial charge in [-0.1, -0.05) is 12.1 Å². The highest BCUT2D eigenvalue weighted by Crippen LogP contribution is 2.31. The van der Waals surface area contributed by atoms with Crippen LogP contribution < -0.4 is 14.8 Å². The molecule has 25 heavy (non-hydrogen) atoms. The lowest BCUT2D eigenvalue weighted by Crippen LogP contribution is -2.57. The van der Waals surface area contributed by atoms with Crippen LogP contribution in [-0.2, 0) is 16.8 Å². The maximum atomic E-state index is 5.49. The zero-order valence-corrected chi connectivity index (χ0v) is 14.3. The molecule has 0 bridgehead atoms. The standard InChI is InChI=1S/C19H21N3O3/c1-23-14-5-3-13(4-6-14)19(11-25-12-19)20-10-18-21-16-8-7-15(24-2)9-17(16)22-18/h3-9,20H,10-12H2,1-2H3,(H,21,22). The van der Waals surface area contributed by atoms with Crippen LogP contribution in [0.3, 0.4) is 0 Å². The molecule has 4 rings (SSSR count). The summed E-state index contributed by atoms with van der Waals surface area (Å²) >= 11 is 0. The minimum absolute atomic E-state index is 0.178. The minimum Gasteiger partial charge on any atom is -0.497 e. The lowest BCUT2D eigenvalue weighted by atomic mass is 9.88. The summed E-state index contributed by atoms with van der Waals surface area (Å²) in [5.74, 6) is 2.56. The van der Waals surface area contributed by atoms with E-state index in [4.69, 9.17) is 14.2 Å². The van der Waals surface area contributed by atoms with E-state index in [1.165, 1.54) is 5.56 Å². The summed E-state index contributed by atoms with van der Waals surface area (Å²) in [4.78, 5) is 7.98. The molecule has 1 aromatic heterocycles. The molecular formula is C19H21N3O3. The van der Waals surface area contributed by atoms with E-state index in [9.17, 15) is 0 Å². The van der Waals surface area contributed by atoms with Gasteiger partial charge in [0.1, 0.15) is 17.3 Å². The predicted octanol–water partition coefficient (Wildman–Crippen LogP) is 2.60. The third-order valence-corrected chi connectivity index (χ3v) is 4.67. The number of rotatable bonds is 6. The molecule has 1 aliphatic rings. The fraction of sp³-hybridized carbons (Fsp3) is 0.316. The number of hydrogen-bond donors (Lipinski definition) is 2. The highest BCUT2D eigenvalue weighted by atomic mass is 16.5. The van der Waals surface area contributed by atoms with Crippen molar-refractivity contribution in [3.63, 3.8) is 0 Å². The lowest BCUT2D eigenvalue weighted by Gasteiger charge is -2.42. The zero-order chi connectivity index (χ0) is 17.3.